The van der Waals surface area contributed by atoms with Crippen LogP contribution in [0.5, 0.6) is 0 Å². The second-order valence-corrected chi connectivity index (χ2v) is 6.82. The molecule has 0 spiro atoms. The molecular formula is C21H21FN2O. The van der Waals surface area contributed by atoms with E-state index in [9.17, 15) is 9.18 Å². The molecule has 0 saturated heterocycles. The number of anilines is 1. The Morgan fingerprint density at radius 3 is 2.52 bits per heavy atom. The van der Waals surface area contributed by atoms with Crippen molar-refractivity contribution in [3.05, 3.63) is 54.3 Å². The van der Waals surface area contributed by atoms with Crippen LogP contribution in [0.15, 0.2) is 48.5 Å². The number of H-pyrrole nitrogens is 1. The van der Waals surface area contributed by atoms with Crippen LogP contribution in [0.1, 0.15) is 32.1 Å². The van der Waals surface area contributed by atoms with Crippen molar-refractivity contribution >= 4 is 22.5 Å². The fourth-order valence-electron chi connectivity index (χ4n) is 3.60. The Hall–Kier alpha value is -2.62. The standard InChI is InChI=1S/C21H21FN2O/c22-17-8-11-19-16(12-17)13-20(24-19)14-6-9-18(10-7-14)23-21(25)15-4-2-1-3-5-15/h6-13,15,24H,1-5H2,(H,23,25). The van der Waals surface area contributed by atoms with E-state index in [1.54, 1.807) is 6.07 Å². The molecule has 1 saturated carbocycles. The maximum absolute atomic E-state index is 13.3. The highest BCUT2D eigenvalue weighted by atomic mass is 19.1. The van der Waals surface area contributed by atoms with E-state index in [1.807, 2.05) is 30.3 Å². The Balaban J connectivity index is 1.49. The average Bonchev–Trinajstić information content (AvgIpc) is 3.06. The Bertz CT molecular complexity index is 892. The first-order valence-corrected chi connectivity index (χ1v) is 8.89. The zero-order chi connectivity index (χ0) is 17.2. The van der Waals surface area contributed by atoms with Crippen molar-refractivity contribution in [3.63, 3.8) is 0 Å². The minimum absolute atomic E-state index is 0.133. The lowest BCUT2D eigenvalue weighted by atomic mass is 9.88. The molecule has 1 aliphatic rings. The summed E-state index contributed by atoms with van der Waals surface area (Å²) >= 11 is 0. The number of amides is 1. The van der Waals surface area contributed by atoms with Gasteiger partial charge in [0.1, 0.15) is 5.82 Å². The molecule has 25 heavy (non-hydrogen) atoms. The van der Waals surface area contributed by atoms with E-state index in [0.717, 1.165) is 53.5 Å². The summed E-state index contributed by atoms with van der Waals surface area (Å²) in [4.78, 5) is 15.6. The van der Waals surface area contributed by atoms with Crippen LogP contribution in [0.25, 0.3) is 22.2 Å². The first-order chi connectivity index (χ1) is 12.2. The summed E-state index contributed by atoms with van der Waals surface area (Å²) in [6.45, 7) is 0. The zero-order valence-corrected chi connectivity index (χ0v) is 14.0. The van der Waals surface area contributed by atoms with E-state index < -0.39 is 0 Å². The number of halogens is 1. The highest BCUT2D eigenvalue weighted by Crippen LogP contribution is 2.27. The lowest BCUT2D eigenvalue weighted by Crippen LogP contribution is -2.24. The summed E-state index contributed by atoms with van der Waals surface area (Å²) in [5.74, 6) is 0.0457. The number of aromatic amines is 1. The SMILES string of the molecule is O=C(Nc1ccc(-c2cc3cc(F)ccc3[nH]2)cc1)C1CCCCC1. The first-order valence-electron chi connectivity index (χ1n) is 8.89. The van der Waals surface area contributed by atoms with Gasteiger partial charge in [0.25, 0.3) is 0 Å². The summed E-state index contributed by atoms with van der Waals surface area (Å²) < 4.78 is 13.3. The lowest BCUT2D eigenvalue weighted by molar-refractivity contribution is -0.120. The Morgan fingerprint density at radius 1 is 1.00 bits per heavy atom. The maximum atomic E-state index is 13.3. The predicted octanol–water partition coefficient (Wildman–Crippen LogP) is 5.49. The molecule has 3 nitrogen and oxygen atoms in total. The molecule has 0 bridgehead atoms. The number of fused-ring (bicyclic) bond motifs is 1. The summed E-state index contributed by atoms with van der Waals surface area (Å²) in [5.41, 5.74) is 3.67. The van der Waals surface area contributed by atoms with Gasteiger partial charge in [-0.05, 0) is 54.8 Å². The number of hydrogen-bond acceptors (Lipinski definition) is 1. The number of benzene rings is 2. The molecule has 3 aromatic rings. The second-order valence-electron chi connectivity index (χ2n) is 6.82. The fraction of sp³-hybridized carbons (Fsp3) is 0.286. The normalized spacial score (nSPS) is 15.4. The molecule has 1 amide bonds. The summed E-state index contributed by atoms with van der Waals surface area (Å²) in [5, 5.41) is 3.88. The van der Waals surface area contributed by atoms with Crippen molar-refractivity contribution in [1.82, 2.24) is 4.98 Å². The van der Waals surface area contributed by atoms with Gasteiger partial charge in [0.05, 0.1) is 0 Å². The minimum Gasteiger partial charge on any atom is -0.355 e. The molecule has 128 valence electrons. The molecule has 4 heteroatoms. The Morgan fingerprint density at radius 2 is 1.76 bits per heavy atom. The zero-order valence-electron chi connectivity index (χ0n) is 14.0. The first kappa shape index (κ1) is 15.9. The molecule has 2 N–H and O–H groups in total. The minimum atomic E-state index is -0.237. The van der Waals surface area contributed by atoms with Gasteiger partial charge in [-0.25, -0.2) is 4.39 Å². The van der Waals surface area contributed by atoms with E-state index >= 15 is 0 Å². The summed E-state index contributed by atoms with van der Waals surface area (Å²) in [7, 11) is 0. The smallest absolute Gasteiger partial charge is 0.227 e. The van der Waals surface area contributed by atoms with E-state index in [0.29, 0.717) is 0 Å². The van der Waals surface area contributed by atoms with Gasteiger partial charge in [-0.1, -0.05) is 31.4 Å². The molecule has 4 rings (SSSR count). The van der Waals surface area contributed by atoms with Crippen molar-refractivity contribution < 1.29 is 9.18 Å². The van der Waals surface area contributed by atoms with Gasteiger partial charge in [0.15, 0.2) is 0 Å². The van der Waals surface area contributed by atoms with Crippen molar-refractivity contribution in [2.45, 2.75) is 32.1 Å². The van der Waals surface area contributed by atoms with Crippen LogP contribution in [0.2, 0.25) is 0 Å². The number of nitrogens with one attached hydrogen (secondary N) is 2. The number of carbonyl (C=O) groups is 1. The quantitative estimate of drug-likeness (QED) is 0.652. The Kier molecular flexibility index (Phi) is 4.26. The highest BCUT2D eigenvalue weighted by Gasteiger charge is 2.20. The molecule has 1 aliphatic carbocycles. The van der Waals surface area contributed by atoms with Gasteiger partial charge in [0, 0.05) is 28.2 Å². The summed E-state index contributed by atoms with van der Waals surface area (Å²) in [6, 6.07) is 14.4. The van der Waals surface area contributed by atoms with E-state index in [4.69, 9.17) is 0 Å². The van der Waals surface area contributed by atoms with Crippen molar-refractivity contribution in [1.29, 1.82) is 0 Å². The molecule has 0 aliphatic heterocycles. The third-order valence-corrected chi connectivity index (χ3v) is 5.02. The van der Waals surface area contributed by atoms with E-state index in [1.165, 1.54) is 18.6 Å². The average molecular weight is 336 g/mol. The van der Waals surface area contributed by atoms with Crippen molar-refractivity contribution in [2.75, 3.05) is 5.32 Å². The number of hydrogen-bond donors (Lipinski definition) is 2. The molecule has 0 atom stereocenters. The van der Waals surface area contributed by atoms with Gasteiger partial charge in [0.2, 0.25) is 5.91 Å². The van der Waals surface area contributed by atoms with Crippen LogP contribution in [-0.4, -0.2) is 10.9 Å². The topological polar surface area (TPSA) is 44.9 Å². The number of rotatable bonds is 3. The highest BCUT2D eigenvalue weighted by molar-refractivity contribution is 5.93. The van der Waals surface area contributed by atoms with Gasteiger partial charge < -0.3 is 10.3 Å². The largest absolute Gasteiger partial charge is 0.355 e. The number of carbonyl (C=O) groups excluding carboxylic acids is 1. The van der Waals surface area contributed by atoms with Crippen LogP contribution < -0.4 is 5.32 Å². The van der Waals surface area contributed by atoms with Crippen LogP contribution in [-0.2, 0) is 4.79 Å². The van der Waals surface area contributed by atoms with Crippen molar-refractivity contribution in [2.24, 2.45) is 5.92 Å². The summed E-state index contributed by atoms with van der Waals surface area (Å²) in [6.07, 6.45) is 5.54. The monoisotopic (exact) mass is 336 g/mol. The van der Waals surface area contributed by atoms with Crippen molar-refractivity contribution in [3.8, 4) is 11.3 Å². The molecule has 1 aromatic heterocycles. The predicted molar refractivity (Wildman–Crippen MR) is 98.9 cm³/mol. The second kappa shape index (κ2) is 6.71. The van der Waals surface area contributed by atoms with E-state index in [-0.39, 0.29) is 17.6 Å². The third-order valence-electron chi connectivity index (χ3n) is 5.02. The van der Waals surface area contributed by atoms with Crippen LogP contribution in [0, 0.1) is 11.7 Å². The molecule has 0 radical (unpaired) electrons. The number of aromatic nitrogens is 1. The van der Waals surface area contributed by atoms with E-state index in [2.05, 4.69) is 10.3 Å². The molecule has 0 unspecified atom stereocenters. The molecular weight excluding hydrogens is 315 g/mol. The fourth-order valence-corrected chi connectivity index (χ4v) is 3.60. The molecule has 1 heterocycles. The van der Waals surface area contributed by atoms with Gasteiger partial charge >= 0.3 is 0 Å². The van der Waals surface area contributed by atoms with Crippen LogP contribution in [0.4, 0.5) is 10.1 Å². The lowest BCUT2D eigenvalue weighted by Gasteiger charge is -2.20. The van der Waals surface area contributed by atoms with Gasteiger partial charge in [-0.3, -0.25) is 4.79 Å². The molecule has 1 fully saturated rings. The third kappa shape index (κ3) is 3.43. The van der Waals surface area contributed by atoms with Crippen LogP contribution in [0.3, 0.4) is 0 Å². The van der Waals surface area contributed by atoms with Gasteiger partial charge in [-0.2, -0.15) is 0 Å². The van der Waals surface area contributed by atoms with Gasteiger partial charge in [-0.15, -0.1) is 0 Å². The van der Waals surface area contributed by atoms with Crippen LogP contribution >= 0.6 is 0 Å². The Labute approximate surface area is 146 Å². The molecule has 2 aromatic carbocycles. The maximum Gasteiger partial charge on any atom is 0.227 e.